The highest BCUT2D eigenvalue weighted by Gasteiger charge is 2.43. The van der Waals surface area contributed by atoms with Gasteiger partial charge in [-0.3, -0.25) is 9.59 Å². The summed E-state index contributed by atoms with van der Waals surface area (Å²) in [7, 11) is 0. The van der Waals surface area contributed by atoms with E-state index in [0.717, 1.165) is 22.3 Å². The van der Waals surface area contributed by atoms with Crippen LogP contribution in [-0.4, -0.2) is 40.0 Å². The minimum Gasteiger partial charge on any atom is -0.444 e. The summed E-state index contributed by atoms with van der Waals surface area (Å²) in [5.41, 5.74) is 2.23. The number of nitrogens with one attached hydrogen (secondary N) is 2. The molecule has 39 heavy (non-hydrogen) atoms. The largest absolute Gasteiger partial charge is 0.444 e. The maximum atomic E-state index is 14.4. The van der Waals surface area contributed by atoms with Gasteiger partial charge in [0.05, 0.1) is 0 Å². The molecule has 7 nitrogen and oxygen atoms in total. The van der Waals surface area contributed by atoms with Crippen molar-refractivity contribution in [2.45, 2.75) is 105 Å². The van der Waals surface area contributed by atoms with E-state index in [9.17, 15) is 14.4 Å². The molecule has 0 spiro atoms. The van der Waals surface area contributed by atoms with E-state index in [4.69, 9.17) is 4.74 Å². The first-order chi connectivity index (χ1) is 18.0. The Hall–Kier alpha value is -3.35. The molecule has 2 aromatic carbocycles. The van der Waals surface area contributed by atoms with Crippen LogP contribution in [0.2, 0.25) is 0 Å². The molecule has 0 aliphatic heterocycles. The first kappa shape index (κ1) is 31.9. The van der Waals surface area contributed by atoms with E-state index in [1.54, 1.807) is 25.7 Å². The smallest absolute Gasteiger partial charge is 0.408 e. The maximum Gasteiger partial charge on any atom is 0.408 e. The summed E-state index contributed by atoms with van der Waals surface area (Å²) in [6.45, 7) is 19.2. The molecule has 3 amide bonds. The SMILES string of the molecule is CCC(C)C(NC(=O)OC(C)(C)C)C(=O)N(C(C(=O)NCc1ccccc1)c1ccc(C)cc1C)C(C)(C)C. The second kappa shape index (κ2) is 13.1. The zero-order valence-corrected chi connectivity index (χ0v) is 25.3. The monoisotopic (exact) mass is 537 g/mol. The van der Waals surface area contributed by atoms with E-state index in [0.29, 0.717) is 13.0 Å². The van der Waals surface area contributed by atoms with Gasteiger partial charge < -0.3 is 20.3 Å². The molecule has 0 bridgehead atoms. The Labute approximate surface area is 234 Å². The zero-order chi connectivity index (χ0) is 29.5. The fourth-order valence-electron chi connectivity index (χ4n) is 4.52. The van der Waals surface area contributed by atoms with Crippen molar-refractivity contribution < 1.29 is 19.1 Å². The van der Waals surface area contributed by atoms with Gasteiger partial charge in [-0.25, -0.2) is 4.79 Å². The number of carbonyl (C=O) groups is 3. The van der Waals surface area contributed by atoms with Crippen LogP contribution in [0.1, 0.15) is 90.1 Å². The van der Waals surface area contributed by atoms with Gasteiger partial charge in [0.15, 0.2) is 0 Å². The summed E-state index contributed by atoms with van der Waals surface area (Å²) in [4.78, 5) is 42.9. The molecule has 0 saturated heterocycles. The molecule has 2 aromatic rings. The number of rotatable bonds is 9. The van der Waals surface area contributed by atoms with Crippen LogP contribution in [0.5, 0.6) is 0 Å². The van der Waals surface area contributed by atoms with Gasteiger partial charge >= 0.3 is 6.09 Å². The average Bonchev–Trinajstić information content (AvgIpc) is 2.82. The summed E-state index contributed by atoms with van der Waals surface area (Å²) in [6.07, 6.45) is -0.00915. The highest BCUT2D eigenvalue weighted by Crippen LogP contribution is 2.33. The zero-order valence-electron chi connectivity index (χ0n) is 25.3. The van der Waals surface area contributed by atoms with Crippen molar-refractivity contribution in [2.24, 2.45) is 5.92 Å². The molecule has 0 aromatic heterocycles. The van der Waals surface area contributed by atoms with Crippen LogP contribution in [0, 0.1) is 19.8 Å². The number of nitrogens with zero attached hydrogens (tertiary/aromatic N) is 1. The van der Waals surface area contributed by atoms with Gasteiger partial charge in [0, 0.05) is 12.1 Å². The Bertz CT molecular complexity index is 1130. The topological polar surface area (TPSA) is 87.7 Å². The molecule has 3 atom stereocenters. The van der Waals surface area contributed by atoms with E-state index >= 15 is 0 Å². The lowest BCUT2D eigenvalue weighted by molar-refractivity contribution is -0.149. The van der Waals surface area contributed by atoms with Gasteiger partial charge in [0.1, 0.15) is 17.7 Å². The number of aryl methyl sites for hydroxylation is 2. The molecule has 0 aliphatic carbocycles. The number of hydrogen-bond donors (Lipinski definition) is 2. The van der Waals surface area contributed by atoms with E-state index in [1.807, 2.05) is 97.0 Å². The van der Waals surface area contributed by atoms with E-state index in [-0.39, 0.29) is 17.7 Å². The van der Waals surface area contributed by atoms with Gasteiger partial charge in [-0.05, 0) is 78.0 Å². The predicted molar refractivity (Wildman–Crippen MR) is 156 cm³/mol. The van der Waals surface area contributed by atoms with Crippen LogP contribution in [-0.2, 0) is 20.9 Å². The third kappa shape index (κ3) is 9.12. The van der Waals surface area contributed by atoms with Crippen LogP contribution >= 0.6 is 0 Å². The molecular weight excluding hydrogens is 490 g/mol. The highest BCUT2D eigenvalue weighted by atomic mass is 16.6. The van der Waals surface area contributed by atoms with E-state index < -0.39 is 29.3 Å². The summed E-state index contributed by atoms with van der Waals surface area (Å²) in [5, 5.41) is 5.88. The third-order valence-electron chi connectivity index (χ3n) is 6.65. The molecule has 0 fully saturated rings. The van der Waals surface area contributed by atoms with Crippen molar-refractivity contribution in [3.8, 4) is 0 Å². The fourth-order valence-corrected chi connectivity index (χ4v) is 4.52. The molecule has 0 radical (unpaired) electrons. The summed E-state index contributed by atoms with van der Waals surface area (Å²) in [5.74, 6) is -0.807. The van der Waals surface area contributed by atoms with Gasteiger partial charge in [-0.15, -0.1) is 0 Å². The minimum atomic E-state index is -0.909. The second-order valence-electron chi connectivity index (χ2n) is 12.4. The van der Waals surface area contributed by atoms with E-state index in [2.05, 4.69) is 10.6 Å². The Morgan fingerprint density at radius 1 is 0.949 bits per heavy atom. The number of hydrogen-bond acceptors (Lipinski definition) is 4. The van der Waals surface area contributed by atoms with Crippen LogP contribution in [0.15, 0.2) is 48.5 Å². The molecule has 214 valence electrons. The molecule has 3 unspecified atom stereocenters. The molecule has 2 N–H and O–H groups in total. The third-order valence-corrected chi connectivity index (χ3v) is 6.65. The predicted octanol–water partition coefficient (Wildman–Crippen LogP) is 6.23. The molecule has 2 rings (SSSR count). The van der Waals surface area contributed by atoms with Crippen molar-refractivity contribution in [1.82, 2.24) is 15.5 Å². The van der Waals surface area contributed by atoms with Crippen molar-refractivity contribution in [2.75, 3.05) is 0 Å². The number of alkyl carbamates (subject to hydrolysis) is 1. The van der Waals surface area contributed by atoms with Gasteiger partial charge in [-0.1, -0.05) is 74.4 Å². The molecule has 0 heterocycles. The van der Waals surface area contributed by atoms with Crippen LogP contribution < -0.4 is 10.6 Å². The first-order valence-electron chi connectivity index (χ1n) is 13.8. The van der Waals surface area contributed by atoms with Crippen molar-refractivity contribution in [3.05, 3.63) is 70.8 Å². The molecular formula is C32H47N3O4. The Morgan fingerprint density at radius 3 is 2.08 bits per heavy atom. The quantitative estimate of drug-likeness (QED) is 0.397. The number of benzene rings is 2. The average molecular weight is 538 g/mol. The standard InChI is InChI=1S/C32H47N3O4/c1-11-22(3)26(34-30(38)39-32(8,9)10)29(37)35(31(5,6)7)27(25-18-17-21(2)19-23(25)4)28(36)33-20-24-15-13-12-14-16-24/h12-19,22,26-27H,11,20H2,1-10H3,(H,33,36)(H,34,38). The number of ether oxygens (including phenoxy) is 1. The van der Waals surface area contributed by atoms with Gasteiger partial charge in [0.25, 0.3) is 0 Å². The lowest BCUT2D eigenvalue weighted by Gasteiger charge is -2.44. The van der Waals surface area contributed by atoms with Crippen molar-refractivity contribution >= 4 is 17.9 Å². The summed E-state index contributed by atoms with van der Waals surface area (Å²) in [6, 6.07) is 13.8. The van der Waals surface area contributed by atoms with Crippen molar-refractivity contribution in [1.29, 1.82) is 0 Å². The summed E-state index contributed by atoms with van der Waals surface area (Å²) < 4.78 is 5.49. The Morgan fingerprint density at radius 2 is 1.56 bits per heavy atom. The normalized spacial score (nSPS) is 14.1. The summed E-state index contributed by atoms with van der Waals surface area (Å²) >= 11 is 0. The Kier molecular flexibility index (Phi) is 10.7. The van der Waals surface area contributed by atoms with Crippen molar-refractivity contribution in [3.63, 3.8) is 0 Å². The first-order valence-corrected chi connectivity index (χ1v) is 13.8. The molecule has 7 heteroatoms. The van der Waals surface area contributed by atoms with Crippen LogP contribution in [0.25, 0.3) is 0 Å². The highest BCUT2D eigenvalue weighted by molar-refractivity contribution is 5.93. The second-order valence-corrected chi connectivity index (χ2v) is 12.4. The van der Waals surface area contributed by atoms with Gasteiger partial charge in [-0.2, -0.15) is 0 Å². The van der Waals surface area contributed by atoms with E-state index in [1.165, 1.54) is 0 Å². The molecule has 0 aliphatic rings. The fraction of sp³-hybridized carbons (Fsp3) is 0.531. The van der Waals surface area contributed by atoms with Crippen LogP contribution in [0.4, 0.5) is 4.79 Å². The number of carbonyl (C=O) groups excluding carboxylic acids is 3. The lowest BCUT2D eigenvalue weighted by Crippen LogP contribution is -2.60. The minimum absolute atomic E-state index is 0.193. The van der Waals surface area contributed by atoms with Gasteiger partial charge in [0.2, 0.25) is 11.8 Å². The van der Waals surface area contributed by atoms with Crippen LogP contribution in [0.3, 0.4) is 0 Å². The number of amides is 3. The molecule has 0 saturated carbocycles. The lowest BCUT2D eigenvalue weighted by atomic mass is 9.90. The maximum absolute atomic E-state index is 14.4. The Balaban J connectivity index is 2.58.